The van der Waals surface area contributed by atoms with E-state index in [9.17, 15) is 4.79 Å². The fourth-order valence-electron chi connectivity index (χ4n) is 1.08. The molecule has 7 nitrogen and oxygen atoms in total. The summed E-state index contributed by atoms with van der Waals surface area (Å²) in [4.78, 5) is 11.0. The van der Waals surface area contributed by atoms with Crippen molar-refractivity contribution in [3.8, 4) is 0 Å². The number of H-pyrrole nitrogens is 1. The van der Waals surface area contributed by atoms with Crippen LogP contribution in [0.4, 0.5) is 0 Å². The third kappa shape index (κ3) is 3.61. The Morgan fingerprint density at radius 3 is 3.00 bits per heavy atom. The standard InChI is InChI=1S/C8H15N5O2S/c1-13-7(14)10-11-8(13)16-5-3-2-4-6(9)12-15/h15H,2-5H2,1H3,(H2,9,12)(H,10,14). The van der Waals surface area contributed by atoms with Gasteiger partial charge < -0.3 is 10.9 Å². The van der Waals surface area contributed by atoms with Gasteiger partial charge in [0.15, 0.2) is 5.16 Å². The van der Waals surface area contributed by atoms with E-state index in [1.54, 1.807) is 7.05 Å². The van der Waals surface area contributed by atoms with Gasteiger partial charge in [0.2, 0.25) is 0 Å². The average Bonchev–Trinajstić information content (AvgIpc) is 2.60. The Bertz CT molecular complexity index is 411. The highest BCUT2D eigenvalue weighted by atomic mass is 32.2. The quantitative estimate of drug-likeness (QED) is 0.165. The number of aromatic nitrogens is 3. The molecule has 0 saturated heterocycles. The van der Waals surface area contributed by atoms with Gasteiger partial charge in [0.1, 0.15) is 5.84 Å². The van der Waals surface area contributed by atoms with Gasteiger partial charge in [-0.1, -0.05) is 16.9 Å². The summed E-state index contributed by atoms with van der Waals surface area (Å²) in [5.74, 6) is 1.09. The summed E-state index contributed by atoms with van der Waals surface area (Å²) in [5, 5.41) is 18.1. The van der Waals surface area contributed by atoms with Crippen molar-refractivity contribution < 1.29 is 5.21 Å². The minimum atomic E-state index is -0.209. The van der Waals surface area contributed by atoms with Crippen LogP contribution in [0.2, 0.25) is 0 Å². The molecule has 16 heavy (non-hydrogen) atoms. The molecular weight excluding hydrogens is 230 g/mol. The summed E-state index contributed by atoms with van der Waals surface area (Å²) in [6, 6.07) is 0. The fraction of sp³-hybridized carbons (Fsp3) is 0.625. The van der Waals surface area contributed by atoms with Crippen molar-refractivity contribution in [3.05, 3.63) is 10.5 Å². The second-order valence-electron chi connectivity index (χ2n) is 3.27. The summed E-state index contributed by atoms with van der Waals surface area (Å²) in [5.41, 5.74) is 5.12. The molecule has 1 heterocycles. The lowest BCUT2D eigenvalue weighted by molar-refractivity contribution is 0.316. The number of hydrogen-bond donors (Lipinski definition) is 3. The van der Waals surface area contributed by atoms with E-state index in [1.807, 2.05) is 0 Å². The van der Waals surface area contributed by atoms with Crippen LogP contribution < -0.4 is 11.4 Å². The Morgan fingerprint density at radius 2 is 2.44 bits per heavy atom. The van der Waals surface area contributed by atoms with Crippen LogP contribution in [0.3, 0.4) is 0 Å². The van der Waals surface area contributed by atoms with Crippen molar-refractivity contribution in [3.63, 3.8) is 0 Å². The van der Waals surface area contributed by atoms with E-state index in [0.29, 0.717) is 11.6 Å². The van der Waals surface area contributed by atoms with Gasteiger partial charge in [-0.3, -0.25) is 4.57 Å². The number of nitrogens with two attached hydrogens (primary N) is 1. The predicted octanol–water partition coefficient (Wildman–Crippen LogP) is 0.117. The van der Waals surface area contributed by atoms with Gasteiger partial charge in [-0.2, -0.15) is 0 Å². The van der Waals surface area contributed by atoms with Crippen LogP contribution in [0.25, 0.3) is 0 Å². The van der Waals surface area contributed by atoms with Crippen molar-refractivity contribution in [1.82, 2.24) is 14.8 Å². The number of rotatable bonds is 6. The summed E-state index contributed by atoms with van der Waals surface area (Å²) in [6.07, 6.45) is 2.35. The molecule has 4 N–H and O–H groups in total. The van der Waals surface area contributed by atoms with Gasteiger partial charge in [-0.15, -0.1) is 5.10 Å². The van der Waals surface area contributed by atoms with Crippen molar-refractivity contribution >= 4 is 17.6 Å². The largest absolute Gasteiger partial charge is 0.409 e. The zero-order chi connectivity index (χ0) is 12.0. The van der Waals surface area contributed by atoms with E-state index in [1.165, 1.54) is 16.3 Å². The van der Waals surface area contributed by atoms with Crippen LogP contribution in [0, 0.1) is 0 Å². The molecule has 1 aromatic heterocycles. The van der Waals surface area contributed by atoms with Gasteiger partial charge in [-0.05, 0) is 12.8 Å². The highest BCUT2D eigenvalue weighted by Gasteiger charge is 2.03. The summed E-state index contributed by atoms with van der Waals surface area (Å²) in [7, 11) is 1.67. The van der Waals surface area contributed by atoms with Crippen molar-refractivity contribution in [1.29, 1.82) is 0 Å². The molecule has 0 bridgehead atoms. The third-order valence-electron chi connectivity index (χ3n) is 2.03. The van der Waals surface area contributed by atoms with E-state index in [0.717, 1.165) is 18.6 Å². The normalized spacial score (nSPS) is 11.9. The lowest BCUT2D eigenvalue weighted by Gasteiger charge is -2.00. The summed E-state index contributed by atoms with van der Waals surface area (Å²) in [6.45, 7) is 0. The van der Waals surface area contributed by atoms with E-state index in [4.69, 9.17) is 10.9 Å². The number of nitrogens with zero attached hydrogens (tertiary/aromatic N) is 3. The van der Waals surface area contributed by atoms with Crippen molar-refractivity contribution in [2.75, 3.05) is 5.75 Å². The molecule has 0 aromatic carbocycles. The maximum absolute atomic E-state index is 11.0. The Morgan fingerprint density at radius 1 is 1.69 bits per heavy atom. The molecule has 0 fully saturated rings. The average molecular weight is 245 g/mol. The first-order chi connectivity index (χ1) is 7.65. The summed E-state index contributed by atoms with van der Waals surface area (Å²) >= 11 is 1.50. The zero-order valence-corrected chi connectivity index (χ0v) is 9.83. The van der Waals surface area contributed by atoms with Gasteiger partial charge in [0.05, 0.1) is 0 Å². The molecule has 0 aliphatic heterocycles. The summed E-state index contributed by atoms with van der Waals surface area (Å²) < 4.78 is 1.47. The Kier molecular flexibility index (Phi) is 4.90. The number of hydrogen-bond acceptors (Lipinski definition) is 5. The molecule has 0 atom stereocenters. The Hall–Kier alpha value is -1.44. The highest BCUT2D eigenvalue weighted by molar-refractivity contribution is 7.99. The minimum absolute atomic E-state index is 0.209. The molecule has 90 valence electrons. The van der Waals surface area contributed by atoms with E-state index in [2.05, 4.69) is 15.4 Å². The first-order valence-electron chi connectivity index (χ1n) is 4.85. The topological polar surface area (TPSA) is 109 Å². The van der Waals surface area contributed by atoms with Crippen molar-refractivity contribution in [2.24, 2.45) is 17.9 Å². The number of thioether (sulfide) groups is 1. The molecule has 0 amide bonds. The molecule has 0 spiro atoms. The van der Waals surface area contributed by atoms with Crippen LogP contribution in [-0.4, -0.2) is 31.6 Å². The number of amidine groups is 1. The van der Waals surface area contributed by atoms with Gasteiger partial charge in [0, 0.05) is 19.2 Å². The van der Waals surface area contributed by atoms with Gasteiger partial charge in [0.25, 0.3) is 0 Å². The molecular formula is C8H15N5O2S. The lowest BCUT2D eigenvalue weighted by atomic mass is 10.2. The second kappa shape index (κ2) is 6.21. The Balaban J connectivity index is 2.21. The third-order valence-corrected chi connectivity index (χ3v) is 3.14. The molecule has 1 aromatic rings. The van der Waals surface area contributed by atoms with Crippen LogP contribution >= 0.6 is 11.8 Å². The van der Waals surface area contributed by atoms with Crippen molar-refractivity contribution in [2.45, 2.75) is 24.4 Å². The molecule has 0 radical (unpaired) electrons. The lowest BCUT2D eigenvalue weighted by Crippen LogP contribution is -2.13. The van der Waals surface area contributed by atoms with Crippen LogP contribution in [-0.2, 0) is 7.05 Å². The number of oxime groups is 1. The number of unbranched alkanes of at least 4 members (excludes halogenated alkanes) is 1. The SMILES string of the molecule is Cn1c(SCCCCC(N)=NO)n[nH]c1=O. The molecule has 0 aliphatic carbocycles. The zero-order valence-electron chi connectivity index (χ0n) is 9.01. The molecule has 0 saturated carbocycles. The molecule has 8 heteroatoms. The van der Waals surface area contributed by atoms with Crippen LogP contribution in [0.1, 0.15) is 19.3 Å². The monoisotopic (exact) mass is 245 g/mol. The smallest absolute Gasteiger partial charge is 0.343 e. The highest BCUT2D eigenvalue weighted by Crippen LogP contribution is 2.14. The van der Waals surface area contributed by atoms with Crippen LogP contribution in [0.15, 0.2) is 15.1 Å². The molecule has 1 rings (SSSR count). The second-order valence-corrected chi connectivity index (χ2v) is 4.33. The van der Waals surface area contributed by atoms with Gasteiger partial charge >= 0.3 is 5.69 Å². The number of nitrogens with one attached hydrogen (secondary N) is 1. The minimum Gasteiger partial charge on any atom is -0.409 e. The first-order valence-corrected chi connectivity index (χ1v) is 5.84. The van der Waals surface area contributed by atoms with Crippen LogP contribution in [0.5, 0.6) is 0 Å². The van der Waals surface area contributed by atoms with E-state index >= 15 is 0 Å². The Labute approximate surface area is 96.7 Å². The van der Waals surface area contributed by atoms with Gasteiger partial charge in [-0.25, -0.2) is 9.89 Å². The maximum atomic E-state index is 11.0. The van der Waals surface area contributed by atoms with E-state index in [-0.39, 0.29) is 11.5 Å². The fourth-order valence-corrected chi connectivity index (χ4v) is 2.00. The molecule has 0 unspecified atom stereocenters. The molecule has 0 aliphatic rings. The number of aromatic amines is 1. The maximum Gasteiger partial charge on any atom is 0.343 e. The predicted molar refractivity (Wildman–Crippen MR) is 61.8 cm³/mol. The first kappa shape index (κ1) is 12.6. The van der Waals surface area contributed by atoms with E-state index < -0.39 is 0 Å².